The number of hydrogen-bond acceptors (Lipinski definition) is 4. The van der Waals surface area contributed by atoms with Gasteiger partial charge in [0.25, 0.3) is 0 Å². The molecule has 0 bridgehead atoms. The van der Waals surface area contributed by atoms with Gasteiger partial charge in [0.05, 0.1) is 11.2 Å². The molecular formula is C13H17N3S. The van der Waals surface area contributed by atoms with Gasteiger partial charge in [-0.3, -0.25) is 0 Å². The van der Waals surface area contributed by atoms with Crippen LogP contribution in [-0.2, 0) is 5.54 Å². The summed E-state index contributed by atoms with van der Waals surface area (Å²) in [6.07, 6.45) is 0. The Bertz CT molecular complexity index is 480. The van der Waals surface area contributed by atoms with Crippen molar-refractivity contribution in [3.63, 3.8) is 0 Å². The Balaban J connectivity index is 2.26. The quantitative estimate of drug-likeness (QED) is 0.873. The van der Waals surface area contributed by atoms with E-state index in [2.05, 4.69) is 29.4 Å². The Labute approximate surface area is 106 Å². The predicted molar refractivity (Wildman–Crippen MR) is 73.3 cm³/mol. The maximum absolute atomic E-state index is 5.91. The van der Waals surface area contributed by atoms with E-state index >= 15 is 0 Å². The van der Waals surface area contributed by atoms with Crippen LogP contribution in [0, 0.1) is 6.92 Å². The fraction of sp³-hybridized carbons (Fsp3) is 0.308. The molecule has 0 fully saturated rings. The maximum Gasteiger partial charge on any atom is 0.183 e. The molecule has 1 atom stereocenters. The fourth-order valence-electron chi connectivity index (χ4n) is 1.69. The van der Waals surface area contributed by atoms with Crippen LogP contribution in [0.3, 0.4) is 0 Å². The number of nitrogens with one attached hydrogen (secondary N) is 1. The zero-order chi connectivity index (χ0) is 12.3. The molecule has 0 spiro atoms. The smallest absolute Gasteiger partial charge is 0.183 e. The number of aryl methyl sites for hydroxylation is 1. The van der Waals surface area contributed by atoms with Gasteiger partial charge in [-0.25, -0.2) is 4.98 Å². The summed E-state index contributed by atoms with van der Waals surface area (Å²) in [5.74, 6) is 0. The van der Waals surface area contributed by atoms with Gasteiger partial charge in [-0.2, -0.15) is 0 Å². The molecule has 1 aromatic heterocycles. The van der Waals surface area contributed by atoms with E-state index < -0.39 is 0 Å². The van der Waals surface area contributed by atoms with Crippen LogP contribution in [0.5, 0.6) is 0 Å². The Morgan fingerprint density at radius 3 is 2.59 bits per heavy atom. The van der Waals surface area contributed by atoms with Gasteiger partial charge in [0.15, 0.2) is 5.13 Å². The number of benzene rings is 1. The van der Waals surface area contributed by atoms with Crippen LogP contribution in [0.25, 0.3) is 0 Å². The lowest BCUT2D eigenvalue weighted by Gasteiger charge is -2.29. The molecule has 3 nitrogen and oxygen atoms in total. The maximum atomic E-state index is 5.91. The van der Waals surface area contributed by atoms with Gasteiger partial charge < -0.3 is 11.1 Å². The van der Waals surface area contributed by atoms with Crippen molar-refractivity contribution in [2.24, 2.45) is 5.73 Å². The molecule has 3 N–H and O–H groups in total. The zero-order valence-corrected chi connectivity index (χ0v) is 10.9. The van der Waals surface area contributed by atoms with E-state index in [-0.39, 0.29) is 5.54 Å². The average molecular weight is 247 g/mol. The molecule has 0 saturated heterocycles. The molecule has 0 aliphatic heterocycles. The van der Waals surface area contributed by atoms with Crippen molar-refractivity contribution in [2.75, 3.05) is 11.9 Å². The molecule has 90 valence electrons. The van der Waals surface area contributed by atoms with Crippen LogP contribution in [0.15, 0.2) is 35.7 Å². The van der Waals surface area contributed by atoms with E-state index in [0.717, 1.165) is 10.8 Å². The van der Waals surface area contributed by atoms with E-state index in [1.165, 1.54) is 5.56 Å². The summed E-state index contributed by atoms with van der Waals surface area (Å²) in [5, 5.41) is 6.37. The Hall–Kier alpha value is -1.39. The minimum Gasteiger partial charge on any atom is -0.351 e. The molecule has 0 saturated carbocycles. The van der Waals surface area contributed by atoms with Gasteiger partial charge in [0.2, 0.25) is 0 Å². The zero-order valence-electron chi connectivity index (χ0n) is 10.1. The third-order valence-corrected chi connectivity index (χ3v) is 3.70. The minimum atomic E-state index is -0.272. The second kappa shape index (κ2) is 4.85. The first-order valence-electron chi connectivity index (χ1n) is 5.60. The highest BCUT2D eigenvalue weighted by molar-refractivity contribution is 7.13. The summed E-state index contributed by atoms with van der Waals surface area (Å²) >= 11 is 1.61. The number of nitrogens with zero attached hydrogens (tertiary/aromatic N) is 1. The number of thiazole rings is 1. The third-order valence-electron chi connectivity index (χ3n) is 2.82. The lowest BCUT2D eigenvalue weighted by Crippen LogP contribution is -2.39. The summed E-state index contributed by atoms with van der Waals surface area (Å²) in [7, 11) is 0. The van der Waals surface area contributed by atoms with Crippen molar-refractivity contribution in [3.05, 3.63) is 47.0 Å². The van der Waals surface area contributed by atoms with Crippen LogP contribution in [-0.4, -0.2) is 11.5 Å². The first-order chi connectivity index (χ1) is 8.14. The van der Waals surface area contributed by atoms with Crippen molar-refractivity contribution in [3.8, 4) is 0 Å². The number of rotatable bonds is 4. The van der Waals surface area contributed by atoms with Crippen LogP contribution in [0.1, 0.15) is 18.2 Å². The van der Waals surface area contributed by atoms with Gasteiger partial charge in [0.1, 0.15) is 0 Å². The molecule has 2 aromatic rings. The van der Waals surface area contributed by atoms with Gasteiger partial charge in [0, 0.05) is 11.9 Å². The molecule has 2 rings (SSSR count). The van der Waals surface area contributed by atoms with E-state index in [1.807, 2.05) is 30.5 Å². The predicted octanol–water partition coefficient (Wildman–Crippen LogP) is 2.74. The van der Waals surface area contributed by atoms with Crippen LogP contribution in [0.2, 0.25) is 0 Å². The molecule has 17 heavy (non-hydrogen) atoms. The van der Waals surface area contributed by atoms with E-state index in [4.69, 9.17) is 5.73 Å². The number of aromatic nitrogens is 1. The number of nitrogens with two attached hydrogens (primary N) is 1. The van der Waals surface area contributed by atoms with E-state index in [1.54, 1.807) is 11.3 Å². The SMILES string of the molecule is Cc1csc(NC(C)(CN)c2ccccc2)n1. The average Bonchev–Trinajstić information content (AvgIpc) is 2.75. The second-order valence-corrected chi connectivity index (χ2v) is 5.18. The lowest BCUT2D eigenvalue weighted by atomic mass is 9.92. The fourth-order valence-corrected chi connectivity index (χ4v) is 2.51. The molecule has 4 heteroatoms. The van der Waals surface area contributed by atoms with Gasteiger partial charge in [-0.15, -0.1) is 11.3 Å². The van der Waals surface area contributed by atoms with Crippen molar-refractivity contribution >= 4 is 16.5 Å². The normalized spacial score (nSPS) is 14.3. The van der Waals surface area contributed by atoms with Gasteiger partial charge in [-0.1, -0.05) is 30.3 Å². The molecule has 0 amide bonds. The molecule has 0 radical (unpaired) electrons. The Morgan fingerprint density at radius 2 is 2.06 bits per heavy atom. The third kappa shape index (κ3) is 2.65. The Morgan fingerprint density at radius 1 is 1.35 bits per heavy atom. The standard InChI is InChI=1S/C13H17N3S/c1-10-8-17-12(15-10)16-13(2,9-14)11-6-4-3-5-7-11/h3-8H,9,14H2,1-2H3,(H,15,16). The molecule has 1 aromatic carbocycles. The summed E-state index contributed by atoms with van der Waals surface area (Å²) in [4.78, 5) is 4.42. The molecule has 1 unspecified atom stereocenters. The minimum absolute atomic E-state index is 0.272. The lowest BCUT2D eigenvalue weighted by molar-refractivity contribution is 0.556. The topological polar surface area (TPSA) is 50.9 Å². The van der Waals surface area contributed by atoms with Crippen LogP contribution >= 0.6 is 11.3 Å². The van der Waals surface area contributed by atoms with Crippen molar-refractivity contribution in [1.82, 2.24) is 4.98 Å². The van der Waals surface area contributed by atoms with Gasteiger partial charge in [-0.05, 0) is 19.4 Å². The van der Waals surface area contributed by atoms with Crippen molar-refractivity contribution < 1.29 is 0 Å². The first-order valence-corrected chi connectivity index (χ1v) is 6.48. The summed E-state index contributed by atoms with van der Waals surface area (Å²) in [6, 6.07) is 10.2. The summed E-state index contributed by atoms with van der Waals surface area (Å²) in [5.41, 5.74) is 7.84. The monoisotopic (exact) mass is 247 g/mol. The van der Waals surface area contributed by atoms with Crippen LogP contribution in [0.4, 0.5) is 5.13 Å². The molecule has 1 heterocycles. The number of anilines is 1. The van der Waals surface area contributed by atoms with Crippen molar-refractivity contribution in [2.45, 2.75) is 19.4 Å². The molecule has 0 aliphatic carbocycles. The summed E-state index contributed by atoms with van der Waals surface area (Å²) in [6.45, 7) is 4.61. The van der Waals surface area contributed by atoms with Gasteiger partial charge >= 0.3 is 0 Å². The summed E-state index contributed by atoms with van der Waals surface area (Å²) < 4.78 is 0. The highest BCUT2D eigenvalue weighted by Gasteiger charge is 2.25. The molecule has 0 aliphatic rings. The highest BCUT2D eigenvalue weighted by atomic mass is 32.1. The highest BCUT2D eigenvalue weighted by Crippen LogP contribution is 2.26. The first kappa shape index (κ1) is 12.1. The second-order valence-electron chi connectivity index (χ2n) is 4.32. The van der Waals surface area contributed by atoms with Crippen molar-refractivity contribution in [1.29, 1.82) is 0 Å². The largest absolute Gasteiger partial charge is 0.351 e. The van der Waals surface area contributed by atoms with E-state index in [9.17, 15) is 0 Å². The van der Waals surface area contributed by atoms with Crippen LogP contribution < -0.4 is 11.1 Å². The number of hydrogen-bond donors (Lipinski definition) is 2. The molecular weight excluding hydrogens is 230 g/mol. The Kier molecular flexibility index (Phi) is 3.45. The van der Waals surface area contributed by atoms with E-state index in [0.29, 0.717) is 6.54 Å².